The van der Waals surface area contributed by atoms with Crippen molar-refractivity contribution < 1.29 is 0 Å². The molecular formula is C18H25N3. The third-order valence-electron chi connectivity index (χ3n) is 3.59. The summed E-state index contributed by atoms with van der Waals surface area (Å²) in [6, 6.07) is 8.72. The molecule has 0 saturated carbocycles. The van der Waals surface area contributed by atoms with Crippen molar-refractivity contribution in [3.63, 3.8) is 0 Å². The summed E-state index contributed by atoms with van der Waals surface area (Å²) in [5, 5.41) is 3.35. The van der Waals surface area contributed by atoms with Crippen LogP contribution in [0.2, 0.25) is 0 Å². The molecule has 0 unspecified atom stereocenters. The van der Waals surface area contributed by atoms with Gasteiger partial charge in [0, 0.05) is 24.1 Å². The van der Waals surface area contributed by atoms with Crippen LogP contribution in [0.15, 0.2) is 24.3 Å². The molecule has 1 heterocycles. The van der Waals surface area contributed by atoms with Gasteiger partial charge >= 0.3 is 0 Å². The second-order valence-electron chi connectivity index (χ2n) is 5.30. The number of rotatable bonds is 6. The highest BCUT2D eigenvalue weighted by Gasteiger charge is 2.12. The Morgan fingerprint density at radius 2 is 1.90 bits per heavy atom. The Balaban J connectivity index is 2.51. The van der Waals surface area contributed by atoms with Crippen LogP contribution >= 0.6 is 0 Å². The number of benzene rings is 1. The van der Waals surface area contributed by atoms with Crippen LogP contribution in [-0.2, 0) is 12.8 Å². The van der Waals surface area contributed by atoms with E-state index in [1.54, 1.807) is 0 Å². The van der Waals surface area contributed by atoms with Crippen molar-refractivity contribution in [1.82, 2.24) is 9.97 Å². The Morgan fingerprint density at radius 1 is 1.10 bits per heavy atom. The summed E-state index contributed by atoms with van der Waals surface area (Å²) in [7, 11) is 0. The van der Waals surface area contributed by atoms with E-state index < -0.39 is 0 Å². The molecule has 3 nitrogen and oxygen atoms in total. The first-order chi connectivity index (χ1) is 10.2. The van der Waals surface area contributed by atoms with E-state index in [2.05, 4.69) is 62.3 Å². The number of nitrogens with zero attached hydrogens (tertiary/aromatic N) is 2. The fraction of sp³-hybridized carbons (Fsp3) is 0.444. The monoisotopic (exact) mass is 283 g/mol. The molecule has 2 rings (SSSR count). The van der Waals surface area contributed by atoms with Crippen molar-refractivity contribution >= 4 is 5.82 Å². The van der Waals surface area contributed by atoms with Crippen LogP contribution in [0.1, 0.15) is 44.1 Å². The van der Waals surface area contributed by atoms with Crippen molar-refractivity contribution in [2.24, 2.45) is 0 Å². The molecule has 0 radical (unpaired) electrons. The average molecular weight is 283 g/mol. The fourth-order valence-electron chi connectivity index (χ4n) is 2.50. The molecule has 0 aliphatic carbocycles. The summed E-state index contributed by atoms with van der Waals surface area (Å²) < 4.78 is 0. The summed E-state index contributed by atoms with van der Waals surface area (Å²) in [4.78, 5) is 9.36. The molecule has 0 atom stereocenters. The topological polar surface area (TPSA) is 37.8 Å². The van der Waals surface area contributed by atoms with Gasteiger partial charge in [-0.05, 0) is 31.9 Å². The van der Waals surface area contributed by atoms with Gasteiger partial charge in [0.05, 0.1) is 5.69 Å². The van der Waals surface area contributed by atoms with Gasteiger partial charge in [0.15, 0.2) is 0 Å². The Kier molecular flexibility index (Phi) is 5.32. The van der Waals surface area contributed by atoms with Crippen LogP contribution in [0, 0.1) is 6.92 Å². The van der Waals surface area contributed by atoms with Crippen molar-refractivity contribution in [2.75, 3.05) is 11.9 Å². The zero-order chi connectivity index (χ0) is 15.2. The molecule has 0 amide bonds. The molecule has 1 aromatic heterocycles. The predicted molar refractivity (Wildman–Crippen MR) is 89.7 cm³/mol. The van der Waals surface area contributed by atoms with Crippen molar-refractivity contribution in [2.45, 2.75) is 47.0 Å². The maximum absolute atomic E-state index is 4.75. The molecule has 3 heteroatoms. The quantitative estimate of drug-likeness (QED) is 0.854. The van der Waals surface area contributed by atoms with Gasteiger partial charge in [-0.1, -0.05) is 38.5 Å². The Bertz CT molecular complexity index is 605. The number of nitrogens with one attached hydrogen (secondary N) is 1. The number of hydrogen-bond acceptors (Lipinski definition) is 3. The summed E-state index contributed by atoms with van der Waals surface area (Å²) >= 11 is 0. The highest BCUT2D eigenvalue weighted by Crippen LogP contribution is 2.27. The van der Waals surface area contributed by atoms with Gasteiger partial charge in [-0.15, -0.1) is 0 Å². The summed E-state index contributed by atoms with van der Waals surface area (Å²) in [6.45, 7) is 9.36. The minimum atomic E-state index is 0.848. The zero-order valence-corrected chi connectivity index (χ0v) is 13.5. The SMILES string of the molecule is CCCc1cccc(-c2nc(CC)nc(NCC)c2C)c1. The van der Waals surface area contributed by atoms with Crippen LogP contribution < -0.4 is 5.32 Å². The number of aromatic nitrogens is 2. The fourth-order valence-corrected chi connectivity index (χ4v) is 2.50. The summed E-state index contributed by atoms with van der Waals surface area (Å²) in [6.07, 6.45) is 3.12. The lowest BCUT2D eigenvalue weighted by molar-refractivity contribution is 0.918. The van der Waals surface area contributed by atoms with Crippen LogP contribution in [0.4, 0.5) is 5.82 Å². The van der Waals surface area contributed by atoms with Crippen LogP contribution in [-0.4, -0.2) is 16.5 Å². The minimum Gasteiger partial charge on any atom is -0.370 e. The molecule has 0 bridgehead atoms. The third-order valence-corrected chi connectivity index (χ3v) is 3.59. The van der Waals surface area contributed by atoms with Gasteiger partial charge < -0.3 is 5.32 Å². The van der Waals surface area contributed by atoms with E-state index in [4.69, 9.17) is 4.98 Å². The summed E-state index contributed by atoms with van der Waals surface area (Å²) in [5.74, 6) is 1.85. The second-order valence-corrected chi connectivity index (χ2v) is 5.30. The Labute approximate surface area is 127 Å². The molecule has 0 aliphatic heterocycles. The third kappa shape index (κ3) is 3.60. The molecule has 2 aromatic rings. The lowest BCUT2D eigenvalue weighted by Crippen LogP contribution is -2.07. The number of aryl methyl sites for hydroxylation is 2. The van der Waals surface area contributed by atoms with E-state index >= 15 is 0 Å². The minimum absolute atomic E-state index is 0.848. The number of hydrogen-bond donors (Lipinski definition) is 1. The van der Waals surface area contributed by atoms with E-state index in [1.165, 1.54) is 11.1 Å². The van der Waals surface area contributed by atoms with E-state index in [0.29, 0.717) is 0 Å². The van der Waals surface area contributed by atoms with E-state index in [1.807, 2.05) is 0 Å². The van der Waals surface area contributed by atoms with Gasteiger partial charge in [0.2, 0.25) is 0 Å². The molecule has 0 spiro atoms. The normalized spacial score (nSPS) is 10.7. The van der Waals surface area contributed by atoms with E-state index in [-0.39, 0.29) is 0 Å². The van der Waals surface area contributed by atoms with Crippen LogP contribution in [0.5, 0.6) is 0 Å². The van der Waals surface area contributed by atoms with Crippen molar-refractivity contribution in [3.05, 3.63) is 41.2 Å². The van der Waals surface area contributed by atoms with E-state index in [9.17, 15) is 0 Å². The summed E-state index contributed by atoms with van der Waals surface area (Å²) in [5.41, 5.74) is 4.74. The Morgan fingerprint density at radius 3 is 2.57 bits per heavy atom. The van der Waals surface area contributed by atoms with Gasteiger partial charge in [-0.3, -0.25) is 0 Å². The standard InChI is InChI=1S/C18H25N3/c1-5-9-14-10-8-11-15(12-14)17-13(4)18(19-7-3)21-16(6-2)20-17/h8,10-12H,5-7,9H2,1-4H3,(H,19,20,21). The molecule has 1 aromatic carbocycles. The van der Waals surface area contributed by atoms with E-state index in [0.717, 1.165) is 48.7 Å². The van der Waals surface area contributed by atoms with Crippen LogP contribution in [0.3, 0.4) is 0 Å². The smallest absolute Gasteiger partial charge is 0.133 e. The molecular weight excluding hydrogens is 258 g/mol. The van der Waals surface area contributed by atoms with Gasteiger partial charge in [0.25, 0.3) is 0 Å². The first-order valence-corrected chi connectivity index (χ1v) is 7.90. The molecule has 0 saturated heterocycles. The first-order valence-electron chi connectivity index (χ1n) is 7.90. The largest absolute Gasteiger partial charge is 0.370 e. The van der Waals surface area contributed by atoms with Gasteiger partial charge in [-0.25, -0.2) is 9.97 Å². The lowest BCUT2D eigenvalue weighted by Gasteiger charge is -2.13. The maximum atomic E-state index is 4.75. The molecule has 1 N–H and O–H groups in total. The number of anilines is 1. The molecule has 0 aliphatic rings. The van der Waals surface area contributed by atoms with Gasteiger partial charge in [0.1, 0.15) is 11.6 Å². The lowest BCUT2D eigenvalue weighted by atomic mass is 10.0. The van der Waals surface area contributed by atoms with Gasteiger partial charge in [-0.2, -0.15) is 0 Å². The second kappa shape index (κ2) is 7.21. The van der Waals surface area contributed by atoms with Crippen LogP contribution in [0.25, 0.3) is 11.3 Å². The Hall–Kier alpha value is -1.90. The molecule has 112 valence electrons. The van der Waals surface area contributed by atoms with Crippen molar-refractivity contribution in [1.29, 1.82) is 0 Å². The highest BCUT2D eigenvalue weighted by atomic mass is 15.0. The molecule has 21 heavy (non-hydrogen) atoms. The average Bonchev–Trinajstić information content (AvgIpc) is 2.50. The van der Waals surface area contributed by atoms with Crippen molar-refractivity contribution in [3.8, 4) is 11.3 Å². The first kappa shape index (κ1) is 15.5. The maximum Gasteiger partial charge on any atom is 0.133 e. The predicted octanol–water partition coefficient (Wildman–Crippen LogP) is 4.40. The molecule has 0 fully saturated rings. The zero-order valence-electron chi connectivity index (χ0n) is 13.5. The highest BCUT2D eigenvalue weighted by molar-refractivity contribution is 5.68.